The summed E-state index contributed by atoms with van der Waals surface area (Å²) in [6.07, 6.45) is 1.83. The Kier molecular flexibility index (Phi) is 3.13. The number of allylic oxidation sites excluding steroid dienone is 1. The zero-order valence-electron chi connectivity index (χ0n) is 8.21. The van der Waals surface area contributed by atoms with Gasteiger partial charge in [0.2, 0.25) is 0 Å². The molecule has 0 aliphatic heterocycles. The standard InChI is InChI=1S/C12H15O/c1-5-9(2)11-6-7-12(13-4)10(3)8-11/h5-9H,1-2H2,3-4H3. The van der Waals surface area contributed by atoms with Crippen LogP contribution in [-0.2, 0) is 0 Å². The predicted molar refractivity (Wildman–Crippen MR) is 56.0 cm³/mol. The maximum absolute atomic E-state index is 5.17. The van der Waals surface area contributed by atoms with Crippen LogP contribution >= 0.6 is 0 Å². The van der Waals surface area contributed by atoms with Crippen LogP contribution in [0.2, 0.25) is 0 Å². The van der Waals surface area contributed by atoms with Crippen LogP contribution in [0.15, 0.2) is 30.9 Å². The third-order valence-electron chi connectivity index (χ3n) is 2.13. The van der Waals surface area contributed by atoms with E-state index in [1.54, 1.807) is 7.11 Å². The van der Waals surface area contributed by atoms with E-state index in [1.807, 2.05) is 25.1 Å². The number of hydrogen-bond acceptors (Lipinski definition) is 1. The van der Waals surface area contributed by atoms with Crippen molar-refractivity contribution in [3.8, 4) is 5.75 Å². The van der Waals surface area contributed by atoms with Gasteiger partial charge in [-0.25, -0.2) is 0 Å². The number of hydrogen-bond donors (Lipinski definition) is 0. The maximum atomic E-state index is 5.17. The minimum absolute atomic E-state index is 0.157. The van der Waals surface area contributed by atoms with Gasteiger partial charge in [-0.3, -0.25) is 0 Å². The molecule has 1 unspecified atom stereocenters. The van der Waals surface area contributed by atoms with Gasteiger partial charge in [-0.05, 0) is 31.0 Å². The van der Waals surface area contributed by atoms with Crippen molar-refractivity contribution in [3.63, 3.8) is 0 Å². The third-order valence-corrected chi connectivity index (χ3v) is 2.13. The SMILES string of the molecule is [CH2]C(C=C)c1ccc(OC)c(C)c1. The van der Waals surface area contributed by atoms with E-state index < -0.39 is 0 Å². The molecule has 0 spiro atoms. The van der Waals surface area contributed by atoms with Gasteiger partial charge in [0, 0.05) is 5.92 Å². The predicted octanol–water partition coefficient (Wildman–Crippen LogP) is 3.11. The molecule has 0 aromatic heterocycles. The molecule has 1 aromatic rings. The zero-order valence-corrected chi connectivity index (χ0v) is 8.21. The number of aryl methyl sites for hydroxylation is 1. The average molecular weight is 175 g/mol. The summed E-state index contributed by atoms with van der Waals surface area (Å²) >= 11 is 0. The first-order valence-electron chi connectivity index (χ1n) is 4.29. The first-order valence-corrected chi connectivity index (χ1v) is 4.29. The molecule has 1 heteroatoms. The van der Waals surface area contributed by atoms with E-state index in [4.69, 9.17) is 4.74 Å². The first kappa shape index (κ1) is 9.85. The van der Waals surface area contributed by atoms with Gasteiger partial charge in [0.15, 0.2) is 0 Å². The lowest BCUT2D eigenvalue weighted by Crippen LogP contribution is -1.92. The molecule has 0 heterocycles. The van der Waals surface area contributed by atoms with Crippen molar-refractivity contribution in [2.75, 3.05) is 7.11 Å². The van der Waals surface area contributed by atoms with E-state index in [2.05, 4.69) is 19.6 Å². The number of methoxy groups -OCH3 is 1. The minimum Gasteiger partial charge on any atom is -0.496 e. The Labute approximate surface area is 80.0 Å². The molecule has 1 atom stereocenters. The fourth-order valence-corrected chi connectivity index (χ4v) is 1.27. The molecule has 1 aromatic carbocycles. The lowest BCUT2D eigenvalue weighted by atomic mass is 9.99. The van der Waals surface area contributed by atoms with Crippen LogP contribution < -0.4 is 4.74 Å². The topological polar surface area (TPSA) is 9.23 Å². The van der Waals surface area contributed by atoms with E-state index in [-0.39, 0.29) is 5.92 Å². The summed E-state index contributed by atoms with van der Waals surface area (Å²) in [7, 11) is 1.68. The van der Waals surface area contributed by atoms with Gasteiger partial charge in [-0.1, -0.05) is 18.2 Å². The quantitative estimate of drug-likeness (QED) is 0.641. The van der Waals surface area contributed by atoms with Gasteiger partial charge < -0.3 is 4.74 Å². The zero-order chi connectivity index (χ0) is 9.84. The van der Waals surface area contributed by atoms with Gasteiger partial charge >= 0.3 is 0 Å². The molecule has 13 heavy (non-hydrogen) atoms. The molecular formula is C12H15O. The molecule has 0 saturated heterocycles. The van der Waals surface area contributed by atoms with Crippen molar-refractivity contribution in [1.29, 1.82) is 0 Å². The number of rotatable bonds is 3. The summed E-state index contributed by atoms with van der Waals surface area (Å²) in [5.74, 6) is 1.07. The van der Waals surface area contributed by atoms with Crippen molar-refractivity contribution in [3.05, 3.63) is 48.9 Å². The summed E-state index contributed by atoms with van der Waals surface area (Å²) in [6.45, 7) is 9.71. The van der Waals surface area contributed by atoms with E-state index in [0.717, 1.165) is 11.3 Å². The van der Waals surface area contributed by atoms with E-state index >= 15 is 0 Å². The highest BCUT2D eigenvalue weighted by molar-refractivity contribution is 5.38. The second kappa shape index (κ2) is 4.13. The van der Waals surface area contributed by atoms with E-state index in [9.17, 15) is 0 Å². The molecule has 0 bridgehead atoms. The van der Waals surface area contributed by atoms with Crippen molar-refractivity contribution in [2.24, 2.45) is 0 Å². The molecule has 1 rings (SSSR count). The van der Waals surface area contributed by atoms with Crippen LogP contribution in [0.3, 0.4) is 0 Å². The molecule has 0 aliphatic carbocycles. The fourth-order valence-electron chi connectivity index (χ4n) is 1.27. The highest BCUT2D eigenvalue weighted by Gasteiger charge is 2.03. The lowest BCUT2D eigenvalue weighted by Gasteiger charge is -2.09. The van der Waals surface area contributed by atoms with Gasteiger partial charge in [0.1, 0.15) is 5.75 Å². The Bertz CT molecular complexity index is 302. The molecule has 1 radical (unpaired) electrons. The van der Waals surface area contributed by atoms with Crippen LogP contribution in [0.25, 0.3) is 0 Å². The van der Waals surface area contributed by atoms with Crippen LogP contribution in [-0.4, -0.2) is 7.11 Å². The van der Waals surface area contributed by atoms with E-state index in [1.165, 1.54) is 5.56 Å². The van der Waals surface area contributed by atoms with Gasteiger partial charge in [0.25, 0.3) is 0 Å². The van der Waals surface area contributed by atoms with E-state index in [0.29, 0.717) is 0 Å². The largest absolute Gasteiger partial charge is 0.496 e. The molecule has 0 saturated carbocycles. The average Bonchev–Trinajstić information content (AvgIpc) is 2.16. The summed E-state index contributed by atoms with van der Waals surface area (Å²) < 4.78 is 5.17. The molecule has 69 valence electrons. The smallest absolute Gasteiger partial charge is 0.121 e. The molecule has 1 nitrogen and oxygen atoms in total. The highest BCUT2D eigenvalue weighted by atomic mass is 16.5. The maximum Gasteiger partial charge on any atom is 0.121 e. The fraction of sp³-hybridized carbons (Fsp3) is 0.250. The summed E-state index contributed by atoms with van der Waals surface area (Å²) in [6, 6.07) is 6.07. The molecular weight excluding hydrogens is 160 g/mol. The Morgan fingerprint density at radius 2 is 2.15 bits per heavy atom. The van der Waals surface area contributed by atoms with Crippen LogP contribution in [0.4, 0.5) is 0 Å². The number of benzene rings is 1. The molecule has 0 amide bonds. The van der Waals surface area contributed by atoms with Crippen molar-refractivity contribution in [2.45, 2.75) is 12.8 Å². The Morgan fingerprint density at radius 1 is 1.46 bits per heavy atom. The van der Waals surface area contributed by atoms with Crippen LogP contribution in [0.1, 0.15) is 17.0 Å². The lowest BCUT2D eigenvalue weighted by molar-refractivity contribution is 0.411. The summed E-state index contributed by atoms with van der Waals surface area (Å²) in [4.78, 5) is 0. The first-order chi connectivity index (χ1) is 6.19. The second-order valence-electron chi connectivity index (χ2n) is 3.07. The second-order valence-corrected chi connectivity index (χ2v) is 3.07. The van der Waals surface area contributed by atoms with Gasteiger partial charge in [-0.2, -0.15) is 0 Å². The van der Waals surface area contributed by atoms with Crippen molar-refractivity contribution < 1.29 is 4.74 Å². The molecule has 0 fully saturated rings. The summed E-state index contributed by atoms with van der Waals surface area (Å²) in [5.41, 5.74) is 2.31. The monoisotopic (exact) mass is 175 g/mol. The van der Waals surface area contributed by atoms with Crippen LogP contribution in [0.5, 0.6) is 5.75 Å². The Morgan fingerprint density at radius 3 is 2.62 bits per heavy atom. The molecule has 0 N–H and O–H groups in total. The van der Waals surface area contributed by atoms with Crippen LogP contribution in [0, 0.1) is 13.8 Å². The Hall–Kier alpha value is -1.24. The minimum atomic E-state index is 0.157. The van der Waals surface area contributed by atoms with Crippen molar-refractivity contribution in [1.82, 2.24) is 0 Å². The summed E-state index contributed by atoms with van der Waals surface area (Å²) in [5, 5.41) is 0. The normalized spacial score (nSPS) is 12.2. The van der Waals surface area contributed by atoms with Gasteiger partial charge in [-0.15, -0.1) is 6.58 Å². The van der Waals surface area contributed by atoms with Gasteiger partial charge in [0.05, 0.1) is 7.11 Å². The highest BCUT2D eigenvalue weighted by Crippen LogP contribution is 2.23. The van der Waals surface area contributed by atoms with Crippen molar-refractivity contribution >= 4 is 0 Å². The Balaban J connectivity index is 3.02. The third kappa shape index (κ3) is 2.11. The molecule has 0 aliphatic rings. The number of ether oxygens (including phenoxy) is 1.